The van der Waals surface area contributed by atoms with Crippen molar-refractivity contribution < 1.29 is 13.9 Å². The Bertz CT molecular complexity index is 803. The molecule has 0 spiro atoms. The highest BCUT2D eigenvalue weighted by molar-refractivity contribution is 7.08. The first-order chi connectivity index (χ1) is 12.7. The van der Waals surface area contributed by atoms with Crippen LogP contribution >= 0.6 is 11.3 Å². The second kappa shape index (κ2) is 7.65. The van der Waals surface area contributed by atoms with Gasteiger partial charge in [0.15, 0.2) is 0 Å². The number of nitrogens with zero attached hydrogens (tertiary/aromatic N) is 3. The Hall–Kier alpha value is -2.09. The minimum atomic E-state index is -0.299. The van der Waals surface area contributed by atoms with Crippen molar-refractivity contribution in [2.75, 3.05) is 32.8 Å². The Kier molecular flexibility index (Phi) is 5.10. The molecule has 5 nitrogen and oxygen atoms in total. The van der Waals surface area contributed by atoms with Crippen LogP contribution in [0, 0.1) is 5.82 Å². The monoisotopic (exact) mass is 373 g/mol. The standard InChI is InChI=1S/C19H20FN3O2S/c20-16-3-1-2-14(10-16)18-11-17(15-4-9-26-13-15)21-23(18)19(24)12-22-5-7-25-8-6-22/h1-4,9-10,13,18H,5-8,11-12H2/t18-/m0/s1. The normalized spacial score (nSPS) is 21.0. The van der Waals surface area contributed by atoms with Crippen molar-refractivity contribution in [3.05, 3.63) is 58.0 Å². The summed E-state index contributed by atoms with van der Waals surface area (Å²) in [6.45, 7) is 3.07. The van der Waals surface area contributed by atoms with Gasteiger partial charge in [0.05, 0.1) is 31.5 Å². The molecular weight excluding hydrogens is 353 g/mol. The second-order valence-corrected chi connectivity index (χ2v) is 7.24. The van der Waals surface area contributed by atoms with Crippen LogP contribution in [0.15, 0.2) is 46.2 Å². The maximum atomic E-state index is 13.7. The number of benzene rings is 1. The molecule has 0 bridgehead atoms. The molecule has 0 radical (unpaired) electrons. The van der Waals surface area contributed by atoms with Gasteiger partial charge in [-0.25, -0.2) is 9.40 Å². The summed E-state index contributed by atoms with van der Waals surface area (Å²) < 4.78 is 19.1. The predicted molar refractivity (Wildman–Crippen MR) is 98.7 cm³/mol. The van der Waals surface area contributed by atoms with Gasteiger partial charge in [0, 0.05) is 25.1 Å². The minimum absolute atomic E-state index is 0.0635. The number of hydrazone groups is 1. The summed E-state index contributed by atoms with van der Waals surface area (Å²) in [6, 6.07) is 8.17. The number of carbonyl (C=O) groups excluding carboxylic acids is 1. The number of hydrogen-bond acceptors (Lipinski definition) is 5. The van der Waals surface area contributed by atoms with E-state index in [9.17, 15) is 9.18 Å². The van der Waals surface area contributed by atoms with Crippen molar-refractivity contribution in [1.82, 2.24) is 9.91 Å². The van der Waals surface area contributed by atoms with Crippen LogP contribution in [0.5, 0.6) is 0 Å². The van der Waals surface area contributed by atoms with Crippen LogP contribution in [-0.2, 0) is 9.53 Å². The molecule has 7 heteroatoms. The van der Waals surface area contributed by atoms with E-state index in [1.165, 1.54) is 17.1 Å². The van der Waals surface area contributed by atoms with Crippen LogP contribution in [0.3, 0.4) is 0 Å². The van der Waals surface area contributed by atoms with Gasteiger partial charge in [-0.05, 0) is 34.5 Å². The van der Waals surface area contributed by atoms with E-state index < -0.39 is 0 Å². The fourth-order valence-electron chi connectivity index (χ4n) is 3.34. The number of amides is 1. The van der Waals surface area contributed by atoms with Crippen LogP contribution in [0.4, 0.5) is 4.39 Å². The lowest BCUT2D eigenvalue weighted by atomic mass is 9.99. The van der Waals surface area contributed by atoms with Crippen LogP contribution in [-0.4, -0.2) is 54.4 Å². The Balaban J connectivity index is 1.58. The highest BCUT2D eigenvalue weighted by Gasteiger charge is 2.34. The van der Waals surface area contributed by atoms with Crippen molar-refractivity contribution in [2.24, 2.45) is 5.10 Å². The van der Waals surface area contributed by atoms with Crippen LogP contribution in [0.2, 0.25) is 0 Å². The molecule has 1 amide bonds. The number of ether oxygens (including phenoxy) is 1. The molecule has 1 aromatic carbocycles. The molecule has 1 saturated heterocycles. The summed E-state index contributed by atoms with van der Waals surface area (Å²) in [5.74, 6) is -0.363. The molecule has 2 aromatic rings. The van der Waals surface area contributed by atoms with Crippen molar-refractivity contribution in [3.8, 4) is 0 Å². The molecule has 26 heavy (non-hydrogen) atoms. The third kappa shape index (κ3) is 3.70. The summed E-state index contributed by atoms with van der Waals surface area (Å²) >= 11 is 1.60. The van der Waals surface area contributed by atoms with E-state index >= 15 is 0 Å². The smallest absolute Gasteiger partial charge is 0.257 e. The van der Waals surface area contributed by atoms with Crippen molar-refractivity contribution in [3.63, 3.8) is 0 Å². The number of carbonyl (C=O) groups is 1. The van der Waals surface area contributed by atoms with Crippen LogP contribution < -0.4 is 0 Å². The zero-order valence-electron chi connectivity index (χ0n) is 14.3. The van der Waals surface area contributed by atoms with Gasteiger partial charge in [-0.1, -0.05) is 12.1 Å². The molecule has 136 valence electrons. The van der Waals surface area contributed by atoms with E-state index in [1.807, 2.05) is 22.9 Å². The van der Waals surface area contributed by atoms with Gasteiger partial charge < -0.3 is 4.74 Å². The fraction of sp³-hybridized carbons (Fsp3) is 0.368. The summed E-state index contributed by atoms with van der Waals surface area (Å²) in [6.07, 6.45) is 0.592. The van der Waals surface area contributed by atoms with Gasteiger partial charge >= 0.3 is 0 Å². The van der Waals surface area contributed by atoms with E-state index in [0.29, 0.717) is 26.2 Å². The van der Waals surface area contributed by atoms with Crippen molar-refractivity contribution in [2.45, 2.75) is 12.5 Å². The molecule has 1 fully saturated rings. The Labute approximate surface area is 155 Å². The summed E-state index contributed by atoms with van der Waals surface area (Å²) in [4.78, 5) is 15.0. The largest absolute Gasteiger partial charge is 0.379 e. The highest BCUT2D eigenvalue weighted by Crippen LogP contribution is 2.33. The molecule has 0 unspecified atom stereocenters. The second-order valence-electron chi connectivity index (χ2n) is 6.46. The molecule has 0 saturated carbocycles. The molecule has 1 atom stereocenters. The number of morpholine rings is 1. The van der Waals surface area contributed by atoms with Gasteiger partial charge in [-0.3, -0.25) is 9.69 Å². The zero-order chi connectivity index (χ0) is 17.9. The van der Waals surface area contributed by atoms with Gasteiger partial charge in [0.1, 0.15) is 5.82 Å². The lowest BCUT2D eigenvalue weighted by molar-refractivity contribution is -0.135. The average molecular weight is 373 g/mol. The Morgan fingerprint density at radius 3 is 2.88 bits per heavy atom. The maximum Gasteiger partial charge on any atom is 0.257 e. The quantitative estimate of drug-likeness (QED) is 0.828. The molecule has 4 rings (SSSR count). The van der Waals surface area contributed by atoms with Gasteiger partial charge in [0.2, 0.25) is 0 Å². The lowest BCUT2D eigenvalue weighted by Gasteiger charge is -2.29. The van der Waals surface area contributed by atoms with E-state index in [4.69, 9.17) is 4.74 Å². The SMILES string of the molecule is O=C(CN1CCOCC1)N1N=C(c2ccsc2)C[C@H]1c1cccc(F)c1. The highest BCUT2D eigenvalue weighted by atomic mass is 32.1. The average Bonchev–Trinajstić information content (AvgIpc) is 3.32. The van der Waals surface area contributed by atoms with E-state index in [2.05, 4.69) is 10.0 Å². The van der Waals surface area contributed by atoms with Gasteiger partial charge in [-0.2, -0.15) is 16.4 Å². The number of hydrogen-bond donors (Lipinski definition) is 0. The first kappa shape index (κ1) is 17.3. The lowest BCUT2D eigenvalue weighted by Crippen LogP contribution is -2.43. The van der Waals surface area contributed by atoms with Crippen molar-refractivity contribution in [1.29, 1.82) is 0 Å². The van der Waals surface area contributed by atoms with E-state index in [1.54, 1.807) is 17.4 Å². The Morgan fingerprint density at radius 2 is 2.15 bits per heavy atom. The maximum absolute atomic E-state index is 13.7. The molecule has 1 aromatic heterocycles. The molecule has 2 aliphatic heterocycles. The van der Waals surface area contributed by atoms with E-state index in [-0.39, 0.29) is 17.8 Å². The van der Waals surface area contributed by atoms with Gasteiger partial charge in [-0.15, -0.1) is 0 Å². The van der Waals surface area contributed by atoms with Crippen LogP contribution in [0.1, 0.15) is 23.6 Å². The number of halogens is 1. The van der Waals surface area contributed by atoms with E-state index in [0.717, 1.165) is 29.9 Å². The molecule has 2 aliphatic rings. The third-order valence-electron chi connectivity index (χ3n) is 4.72. The topological polar surface area (TPSA) is 45.1 Å². The zero-order valence-corrected chi connectivity index (χ0v) is 15.1. The molecule has 0 aliphatic carbocycles. The predicted octanol–water partition coefficient (Wildman–Crippen LogP) is 2.90. The minimum Gasteiger partial charge on any atom is -0.379 e. The first-order valence-electron chi connectivity index (χ1n) is 8.68. The molecule has 3 heterocycles. The van der Waals surface area contributed by atoms with Gasteiger partial charge in [0.25, 0.3) is 5.91 Å². The number of rotatable bonds is 4. The van der Waals surface area contributed by atoms with Crippen LogP contribution in [0.25, 0.3) is 0 Å². The van der Waals surface area contributed by atoms with Crippen molar-refractivity contribution >= 4 is 23.0 Å². The number of thiophene rings is 1. The molecular formula is C19H20FN3O2S. The summed E-state index contributed by atoms with van der Waals surface area (Å²) in [5, 5.41) is 10.2. The molecule has 0 N–H and O–H groups in total. The Morgan fingerprint density at radius 1 is 1.31 bits per heavy atom. The fourth-order valence-corrected chi connectivity index (χ4v) is 4.00. The first-order valence-corrected chi connectivity index (χ1v) is 9.62. The summed E-state index contributed by atoms with van der Waals surface area (Å²) in [7, 11) is 0. The third-order valence-corrected chi connectivity index (χ3v) is 5.40. The summed E-state index contributed by atoms with van der Waals surface area (Å²) in [5.41, 5.74) is 2.67.